The number of benzene rings is 3. The number of hydrogen-bond donors (Lipinski definition) is 2. The van der Waals surface area contributed by atoms with Gasteiger partial charge in [-0.1, -0.05) is 92.7 Å². The van der Waals surface area contributed by atoms with Gasteiger partial charge < -0.3 is 9.88 Å². The van der Waals surface area contributed by atoms with Crippen LogP contribution >= 0.6 is 0 Å². The first-order valence-corrected chi connectivity index (χ1v) is 12.2. The number of carbonyl (C=O) groups is 2. The highest BCUT2D eigenvalue weighted by Gasteiger charge is 2.29. The zero-order valence-electron chi connectivity index (χ0n) is 21.1. The zero-order valence-corrected chi connectivity index (χ0v) is 21.1. The normalized spacial score (nSPS) is 12.4. The van der Waals surface area contributed by atoms with Gasteiger partial charge in [-0.15, -0.1) is 0 Å². The van der Waals surface area contributed by atoms with Crippen LogP contribution in [0.4, 0.5) is 0 Å². The van der Waals surface area contributed by atoms with Crippen LogP contribution < -0.4 is 10.7 Å². The molecule has 6 nitrogen and oxygen atoms in total. The molecule has 2 amide bonds. The number of carbonyl (C=O) groups excluding carboxylic acids is 2. The fraction of sp³-hybridized carbons (Fsp3) is 0.233. The van der Waals surface area contributed by atoms with Crippen LogP contribution in [-0.4, -0.2) is 28.6 Å². The molecule has 4 rings (SSSR count). The summed E-state index contributed by atoms with van der Waals surface area (Å²) in [5.41, 5.74) is 7.49. The lowest BCUT2D eigenvalue weighted by Gasteiger charge is -2.24. The van der Waals surface area contributed by atoms with Crippen molar-refractivity contribution in [2.45, 2.75) is 32.7 Å². The number of aryl methyl sites for hydroxylation is 1. The van der Waals surface area contributed by atoms with Gasteiger partial charge in [0.05, 0.1) is 12.1 Å². The largest absolute Gasteiger partial charge is 0.347 e. The second kappa shape index (κ2) is 11.0. The summed E-state index contributed by atoms with van der Waals surface area (Å²) >= 11 is 0. The number of para-hydroxylation sites is 1. The second-order valence-corrected chi connectivity index (χ2v) is 9.29. The van der Waals surface area contributed by atoms with E-state index >= 15 is 0 Å². The standard InChI is InChI=1S/C30H32N4O2/c1-20(2)28(30(36)33-31-19-25-21(3)34(4)26-18-12-11-17-24(25)26)32-29(35)27(22-13-7-5-8-14-22)23-15-9-6-10-16-23/h5-20,27-28H,1-4H3,(H,32,35)(H,33,36)/b31-19-/t28-/m1/s1. The smallest absolute Gasteiger partial charge is 0.262 e. The lowest BCUT2D eigenvalue weighted by atomic mass is 9.89. The molecule has 36 heavy (non-hydrogen) atoms. The van der Waals surface area contributed by atoms with Crippen molar-refractivity contribution >= 4 is 28.9 Å². The molecule has 1 aromatic heterocycles. The molecule has 0 aliphatic carbocycles. The van der Waals surface area contributed by atoms with Gasteiger partial charge >= 0.3 is 0 Å². The highest BCUT2D eigenvalue weighted by Crippen LogP contribution is 2.25. The number of fused-ring (bicyclic) bond motifs is 1. The molecule has 0 unspecified atom stereocenters. The maximum absolute atomic E-state index is 13.5. The van der Waals surface area contributed by atoms with Crippen molar-refractivity contribution in [2.24, 2.45) is 18.1 Å². The molecule has 0 bridgehead atoms. The molecule has 0 saturated heterocycles. The molecule has 4 aromatic rings. The molecule has 0 fully saturated rings. The van der Waals surface area contributed by atoms with Crippen molar-refractivity contribution in [3.8, 4) is 0 Å². The summed E-state index contributed by atoms with van der Waals surface area (Å²) in [7, 11) is 2.01. The lowest BCUT2D eigenvalue weighted by Crippen LogP contribution is -2.50. The molecule has 184 valence electrons. The van der Waals surface area contributed by atoms with E-state index in [1.54, 1.807) is 6.21 Å². The van der Waals surface area contributed by atoms with Gasteiger partial charge in [-0.25, -0.2) is 5.43 Å². The number of nitrogens with zero attached hydrogens (tertiary/aromatic N) is 2. The molecule has 0 aliphatic rings. The Kier molecular flexibility index (Phi) is 7.64. The number of rotatable bonds is 8. The van der Waals surface area contributed by atoms with E-state index in [9.17, 15) is 9.59 Å². The monoisotopic (exact) mass is 480 g/mol. The topological polar surface area (TPSA) is 75.5 Å². The minimum Gasteiger partial charge on any atom is -0.347 e. The Morgan fingerprint density at radius 1 is 0.833 bits per heavy atom. The van der Waals surface area contributed by atoms with Crippen LogP contribution in [0.15, 0.2) is 90.0 Å². The lowest BCUT2D eigenvalue weighted by molar-refractivity contribution is -0.130. The predicted molar refractivity (Wildman–Crippen MR) is 145 cm³/mol. The van der Waals surface area contributed by atoms with Gasteiger partial charge in [0.25, 0.3) is 5.91 Å². The van der Waals surface area contributed by atoms with Crippen molar-refractivity contribution < 1.29 is 9.59 Å². The average Bonchev–Trinajstić information content (AvgIpc) is 3.13. The van der Waals surface area contributed by atoms with Crippen LogP contribution in [0, 0.1) is 12.8 Å². The summed E-state index contributed by atoms with van der Waals surface area (Å²) < 4.78 is 2.10. The number of nitrogens with one attached hydrogen (secondary N) is 2. The summed E-state index contributed by atoms with van der Waals surface area (Å²) in [5.74, 6) is -1.23. The van der Waals surface area contributed by atoms with E-state index in [0.29, 0.717) is 0 Å². The zero-order chi connectivity index (χ0) is 25.7. The highest BCUT2D eigenvalue weighted by molar-refractivity contribution is 6.01. The first-order valence-electron chi connectivity index (χ1n) is 12.2. The number of aromatic nitrogens is 1. The molecular weight excluding hydrogens is 448 g/mol. The van der Waals surface area contributed by atoms with Crippen molar-refractivity contribution in [2.75, 3.05) is 0 Å². The summed E-state index contributed by atoms with van der Waals surface area (Å²) in [6, 6.07) is 26.5. The summed E-state index contributed by atoms with van der Waals surface area (Å²) in [4.78, 5) is 26.6. The third-order valence-electron chi connectivity index (χ3n) is 6.59. The molecule has 2 N–H and O–H groups in total. The van der Waals surface area contributed by atoms with Crippen LogP contribution in [0.1, 0.15) is 42.1 Å². The van der Waals surface area contributed by atoms with Crippen molar-refractivity contribution in [1.29, 1.82) is 0 Å². The maximum Gasteiger partial charge on any atom is 0.262 e. The Hall–Kier alpha value is -4.19. The maximum atomic E-state index is 13.5. The number of hydrazone groups is 1. The van der Waals surface area contributed by atoms with Crippen LogP contribution in [0.25, 0.3) is 10.9 Å². The minimum absolute atomic E-state index is 0.129. The first-order chi connectivity index (χ1) is 17.4. The Labute approximate surface area is 212 Å². The van der Waals surface area contributed by atoms with Crippen LogP contribution in [-0.2, 0) is 16.6 Å². The van der Waals surface area contributed by atoms with Gasteiger partial charge in [0.1, 0.15) is 6.04 Å². The summed E-state index contributed by atoms with van der Waals surface area (Å²) in [5, 5.41) is 8.29. The van der Waals surface area contributed by atoms with E-state index in [1.165, 1.54) is 0 Å². The molecule has 1 atom stereocenters. The van der Waals surface area contributed by atoms with Crippen LogP contribution in [0.5, 0.6) is 0 Å². The fourth-order valence-corrected chi connectivity index (χ4v) is 4.50. The molecule has 6 heteroatoms. The van der Waals surface area contributed by atoms with Gasteiger partial charge in [-0.2, -0.15) is 5.10 Å². The van der Waals surface area contributed by atoms with Crippen molar-refractivity contribution in [3.63, 3.8) is 0 Å². The number of amides is 2. The minimum atomic E-state index is -0.738. The van der Waals surface area contributed by atoms with E-state index in [1.807, 2.05) is 107 Å². The van der Waals surface area contributed by atoms with E-state index in [-0.39, 0.29) is 17.7 Å². The first kappa shape index (κ1) is 24.9. The summed E-state index contributed by atoms with van der Waals surface area (Å²) in [6.07, 6.45) is 1.67. The molecule has 0 spiro atoms. The SMILES string of the molecule is Cc1c(/C=N\NC(=O)[C@H](NC(=O)C(c2ccccc2)c2ccccc2)C(C)C)c2ccccc2n1C. The Morgan fingerprint density at radius 2 is 1.39 bits per heavy atom. The summed E-state index contributed by atoms with van der Waals surface area (Å²) in [6.45, 7) is 5.83. The quantitative estimate of drug-likeness (QED) is 0.278. The molecule has 3 aromatic carbocycles. The Bertz CT molecular complexity index is 1330. The fourth-order valence-electron chi connectivity index (χ4n) is 4.50. The highest BCUT2D eigenvalue weighted by atomic mass is 16.2. The van der Waals surface area contributed by atoms with Gasteiger partial charge in [-0.3, -0.25) is 9.59 Å². The Morgan fingerprint density at radius 3 is 1.97 bits per heavy atom. The number of hydrogen-bond acceptors (Lipinski definition) is 3. The molecule has 1 heterocycles. The van der Waals surface area contributed by atoms with Gasteiger partial charge in [-0.05, 0) is 30.0 Å². The van der Waals surface area contributed by atoms with Crippen LogP contribution in [0.2, 0.25) is 0 Å². The Balaban J connectivity index is 1.53. The van der Waals surface area contributed by atoms with Gasteiger partial charge in [0, 0.05) is 29.2 Å². The van der Waals surface area contributed by atoms with E-state index in [2.05, 4.69) is 26.5 Å². The predicted octanol–water partition coefficient (Wildman–Crippen LogP) is 4.91. The van der Waals surface area contributed by atoms with Gasteiger partial charge in [0.2, 0.25) is 5.91 Å². The second-order valence-electron chi connectivity index (χ2n) is 9.29. The average molecular weight is 481 g/mol. The third-order valence-corrected chi connectivity index (χ3v) is 6.59. The van der Waals surface area contributed by atoms with Crippen molar-refractivity contribution in [3.05, 3.63) is 107 Å². The molecular formula is C30H32N4O2. The van der Waals surface area contributed by atoms with E-state index < -0.39 is 12.0 Å². The molecule has 0 aliphatic heterocycles. The van der Waals surface area contributed by atoms with Crippen LogP contribution in [0.3, 0.4) is 0 Å². The van der Waals surface area contributed by atoms with E-state index in [4.69, 9.17) is 0 Å². The van der Waals surface area contributed by atoms with Crippen molar-refractivity contribution in [1.82, 2.24) is 15.3 Å². The molecule has 0 radical (unpaired) electrons. The molecule has 0 saturated carbocycles. The third kappa shape index (κ3) is 5.23. The van der Waals surface area contributed by atoms with Gasteiger partial charge in [0.15, 0.2) is 0 Å². The van der Waals surface area contributed by atoms with E-state index in [0.717, 1.165) is 33.3 Å².